The molecule has 4 amide bonds. The molecule has 6 rings (SSSR count). The largest absolute Gasteiger partial charge is 0.465 e. The maximum Gasteiger partial charge on any atom is 0.337 e. The molecule has 4 atom stereocenters. The molecule has 3 N–H and O–H groups in total. The van der Waals surface area contributed by atoms with Crippen molar-refractivity contribution >= 4 is 56.3 Å². The van der Waals surface area contributed by atoms with Gasteiger partial charge in [-0.2, -0.15) is 0 Å². The summed E-state index contributed by atoms with van der Waals surface area (Å²) in [6.45, 7) is 9.54. The van der Waals surface area contributed by atoms with E-state index in [9.17, 15) is 24.0 Å². The quantitative estimate of drug-likeness (QED) is 0.170. The van der Waals surface area contributed by atoms with Gasteiger partial charge in [-0.15, -0.1) is 0 Å². The molecule has 2 aliphatic rings. The first-order chi connectivity index (χ1) is 25.3. The van der Waals surface area contributed by atoms with Crippen LogP contribution in [0.5, 0.6) is 0 Å². The summed E-state index contributed by atoms with van der Waals surface area (Å²) in [7, 11) is 1.31. The van der Waals surface area contributed by atoms with Crippen molar-refractivity contribution in [1.82, 2.24) is 20.5 Å². The Morgan fingerprint density at radius 1 is 0.981 bits per heavy atom. The molecule has 0 spiro atoms. The summed E-state index contributed by atoms with van der Waals surface area (Å²) >= 11 is 1.28. The minimum Gasteiger partial charge on any atom is -0.465 e. The number of esters is 1. The van der Waals surface area contributed by atoms with Gasteiger partial charge >= 0.3 is 5.97 Å². The molecule has 2 heterocycles. The fourth-order valence-corrected chi connectivity index (χ4v) is 7.88. The second kappa shape index (κ2) is 15.5. The highest BCUT2D eigenvalue weighted by Gasteiger charge is 2.43. The first-order valence-electron chi connectivity index (χ1n) is 18.2. The normalized spacial score (nSPS) is 17.9. The van der Waals surface area contributed by atoms with Crippen LogP contribution in [0.25, 0.3) is 10.2 Å². The number of thiazole rings is 1. The number of aromatic nitrogens is 1. The Labute approximate surface area is 313 Å². The number of rotatable bonds is 9. The standard InChI is InChI=1S/C41H47N5O6S/c1-7-23(2)35(47)44-34(41(3,4)5)38(50)46-22-28-19-26(36(48)45-40-43-31-20-27(39(51)52-6)17-18-33(31)53-40)16-15-25(28)21-32(46)37(49)42-30-14-10-12-24-11-8-9-13-29(24)30/h8-9,11,13,15-20,23,30,32,34H,7,10,12,14,21-22H2,1-6H3,(H,42,49)(H,44,47)(H,43,45,48)/t23-,30-,32+,34-/m1/s1. The Morgan fingerprint density at radius 3 is 2.47 bits per heavy atom. The lowest BCUT2D eigenvalue weighted by Crippen LogP contribution is -2.61. The summed E-state index contributed by atoms with van der Waals surface area (Å²) in [5.74, 6) is -1.96. The zero-order valence-electron chi connectivity index (χ0n) is 31.1. The smallest absolute Gasteiger partial charge is 0.337 e. The van der Waals surface area contributed by atoms with Crippen LogP contribution >= 0.6 is 11.3 Å². The van der Waals surface area contributed by atoms with Crippen LogP contribution < -0.4 is 16.0 Å². The Bertz CT molecular complexity index is 2070. The van der Waals surface area contributed by atoms with E-state index >= 15 is 0 Å². The fraction of sp³-hybridized carbons (Fsp3) is 0.415. The van der Waals surface area contributed by atoms with Crippen molar-refractivity contribution in [3.63, 3.8) is 0 Å². The molecule has 12 heteroatoms. The summed E-state index contributed by atoms with van der Waals surface area (Å²) in [6, 6.07) is 16.6. The fourth-order valence-electron chi connectivity index (χ4n) is 7.04. The van der Waals surface area contributed by atoms with Crippen molar-refractivity contribution in [3.05, 3.63) is 94.0 Å². The van der Waals surface area contributed by atoms with Crippen LogP contribution in [0, 0.1) is 11.3 Å². The topological polar surface area (TPSA) is 147 Å². The summed E-state index contributed by atoms with van der Waals surface area (Å²) in [5, 5.41) is 9.51. The first-order valence-corrected chi connectivity index (χ1v) is 19.0. The van der Waals surface area contributed by atoms with Gasteiger partial charge in [-0.05, 0) is 83.7 Å². The Morgan fingerprint density at radius 2 is 1.74 bits per heavy atom. The number of methoxy groups -OCH3 is 1. The zero-order chi connectivity index (χ0) is 38.0. The molecule has 1 aliphatic heterocycles. The third kappa shape index (κ3) is 8.12. The van der Waals surface area contributed by atoms with Gasteiger partial charge in [0.05, 0.1) is 28.9 Å². The lowest BCUT2D eigenvalue weighted by molar-refractivity contribution is -0.147. The van der Waals surface area contributed by atoms with Crippen molar-refractivity contribution in [2.45, 2.75) is 91.4 Å². The number of carbonyl (C=O) groups is 5. The van der Waals surface area contributed by atoms with Crippen LogP contribution in [0.15, 0.2) is 60.7 Å². The maximum atomic E-state index is 14.7. The summed E-state index contributed by atoms with van der Waals surface area (Å²) in [5.41, 5.74) is 4.55. The molecule has 11 nitrogen and oxygen atoms in total. The predicted octanol–water partition coefficient (Wildman–Crippen LogP) is 6.36. The molecular weight excluding hydrogens is 691 g/mol. The highest BCUT2D eigenvalue weighted by molar-refractivity contribution is 7.22. The molecule has 53 heavy (non-hydrogen) atoms. The molecule has 278 valence electrons. The summed E-state index contributed by atoms with van der Waals surface area (Å²) < 4.78 is 5.60. The molecule has 1 aromatic heterocycles. The van der Waals surface area contributed by atoms with Crippen LogP contribution in [0.3, 0.4) is 0 Å². The number of aryl methyl sites for hydroxylation is 1. The highest BCUT2D eigenvalue weighted by Crippen LogP contribution is 2.33. The van der Waals surface area contributed by atoms with E-state index in [2.05, 4.69) is 33.1 Å². The number of benzene rings is 3. The van der Waals surface area contributed by atoms with Gasteiger partial charge in [0.2, 0.25) is 17.7 Å². The minimum absolute atomic E-state index is 0.0812. The van der Waals surface area contributed by atoms with Gasteiger partial charge < -0.3 is 20.3 Å². The molecular formula is C41H47N5O6S. The zero-order valence-corrected chi connectivity index (χ0v) is 31.9. The number of anilines is 1. The van der Waals surface area contributed by atoms with E-state index in [1.54, 1.807) is 35.2 Å². The van der Waals surface area contributed by atoms with Gasteiger partial charge in [0, 0.05) is 24.4 Å². The first kappa shape index (κ1) is 37.7. The molecule has 0 unspecified atom stereocenters. The highest BCUT2D eigenvalue weighted by atomic mass is 32.1. The number of hydrogen-bond acceptors (Lipinski definition) is 8. The van der Waals surface area contributed by atoms with Crippen LogP contribution in [0.1, 0.15) is 103 Å². The molecule has 3 aromatic carbocycles. The van der Waals surface area contributed by atoms with Gasteiger partial charge in [0.25, 0.3) is 5.91 Å². The lowest BCUT2D eigenvalue weighted by Gasteiger charge is -2.42. The van der Waals surface area contributed by atoms with Crippen molar-refractivity contribution in [1.29, 1.82) is 0 Å². The molecule has 0 radical (unpaired) electrons. The monoisotopic (exact) mass is 737 g/mol. The summed E-state index contributed by atoms with van der Waals surface area (Å²) in [4.78, 5) is 73.7. The van der Waals surface area contributed by atoms with Crippen LogP contribution in [-0.2, 0) is 38.5 Å². The molecule has 0 bridgehead atoms. The van der Waals surface area contributed by atoms with E-state index in [0.717, 1.165) is 40.7 Å². The third-order valence-electron chi connectivity index (χ3n) is 10.4. The number of nitrogens with zero attached hydrogens (tertiary/aromatic N) is 2. The van der Waals surface area contributed by atoms with E-state index in [1.165, 1.54) is 24.0 Å². The predicted molar refractivity (Wildman–Crippen MR) is 205 cm³/mol. The van der Waals surface area contributed by atoms with Crippen LogP contribution in [0.2, 0.25) is 0 Å². The Balaban J connectivity index is 1.29. The van der Waals surface area contributed by atoms with E-state index in [-0.39, 0.29) is 48.6 Å². The summed E-state index contributed by atoms with van der Waals surface area (Å²) in [6.07, 6.45) is 3.58. The number of nitrogens with one attached hydrogen (secondary N) is 3. The minimum atomic E-state index is -0.888. The van der Waals surface area contributed by atoms with E-state index in [1.807, 2.05) is 52.8 Å². The van der Waals surface area contributed by atoms with Crippen molar-refractivity contribution < 1.29 is 28.7 Å². The molecule has 0 fully saturated rings. The maximum absolute atomic E-state index is 14.7. The number of fused-ring (bicyclic) bond motifs is 3. The second-order valence-corrected chi connectivity index (χ2v) is 16.1. The molecule has 0 saturated heterocycles. The van der Waals surface area contributed by atoms with Crippen molar-refractivity contribution in [2.75, 3.05) is 12.4 Å². The lowest BCUT2D eigenvalue weighted by atomic mass is 9.83. The van der Waals surface area contributed by atoms with Crippen molar-refractivity contribution in [2.24, 2.45) is 11.3 Å². The van der Waals surface area contributed by atoms with E-state index in [0.29, 0.717) is 28.2 Å². The third-order valence-corrected chi connectivity index (χ3v) is 11.3. The van der Waals surface area contributed by atoms with Gasteiger partial charge in [-0.25, -0.2) is 9.78 Å². The van der Waals surface area contributed by atoms with Gasteiger partial charge in [0.15, 0.2) is 5.13 Å². The second-order valence-electron chi connectivity index (χ2n) is 15.1. The van der Waals surface area contributed by atoms with Crippen LogP contribution in [0.4, 0.5) is 5.13 Å². The van der Waals surface area contributed by atoms with Gasteiger partial charge in [-0.1, -0.05) is 76.3 Å². The number of hydrogen-bond donors (Lipinski definition) is 3. The van der Waals surface area contributed by atoms with Crippen molar-refractivity contribution in [3.8, 4) is 0 Å². The molecule has 1 aliphatic carbocycles. The average Bonchev–Trinajstić information content (AvgIpc) is 3.56. The van der Waals surface area contributed by atoms with Gasteiger partial charge in [0.1, 0.15) is 12.1 Å². The Hall–Kier alpha value is -5.10. The van der Waals surface area contributed by atoms with E-state index < -0.39 is 23.5 Å². The SMILES string of the molecule is CC[C@@H](C)C(=O)N[C@H](C(=O)N1Cc2cc(C(=O)Nc3nc4cc(C(=O)OC)ccc4s3)ccc2C[C@H]1C(=O)N[C@@H]1CCCc2ccccc21)C(C)(C)C. The average molecular weight is 738 g/mol. The van der Waals surface area contributed by atoms with Gasteiger partial charge in [-0.3, -0.25) is 24.5 Å². The number of amides is 4. The number of carbonyl (C=O) groups excluding carboxylic acids is 5. The molecule has 0 saturated carbocycles. The number of ether oxygens (including phenoxy) is 1. The molecule has 4 aromatic rings. The van der Waals surface area contributed by atoms with E-state index in [4.69, 9.17) is 4.74 Å². The van der Waals surface area contributed by atoms with Crippen LogP contribution in [-0.4, -0.2) is 58.7 Å². The Kier molecular flexibility index (Phi) is 11.0.